The first-order chi connectivity index (χ1) is 13.3. The molecule has 0 spiro atoms. The van der Waals surface area contributed by atoms with E-state index in [0.717, 1.165) is 38.9 Å². The molecule has 1 aliphatic heterocycles. The molecule has 0 aliphatic carbocycles. The number of thiophene rings is 1. The molecule has 28 heavy (non-hydrogen) atoms. The summed E-state index contributed by atoms with van der Waals surface area (Å²) < 4.78 is 29.8. The van der Waals surface area contributed by atoms with Crippen LogP contribution in [0.25, 0.3) is 10.2 Å². The molecule has 4 rings (SSSR count). The molecule has 3 heterocycles. The first kappa shape index (κ1) is 20.2. The number of carbonyl (C=O) groups excluding carboxylic acids is 1. The maximum absolute atomic E-state index is 13.0. The van der Waals surface area contributed by atoms with Gasteiger partial charge in [0.1, 0.15) is 10.3 Å². The number of rotatable bonds is 4. The van der Waals surface area contributed by atoms with Crippen LogP contribution in [0.4, 0.5) is 5.13 Å². The molecule has 0 saturated carbocycles. The number of nitrogens with zero attached hydrogens (tertiary/aromatic N) is 2. The van der Waals surface area contributed by atoms with Gasteiger partial charge < -0.3 is 5.32 Å². The summed E-state index contributed by atoms with van der Waals surface area (Å²) in [7, 11) is -3.77. The first-order valence-electron chi connectivity index (χ1n) is 8.49. The number of aromatic nitrogens is 1. The number of thiazole rings is 1. The average Bonchev–Trinajstić information content (AvgIpc) is 3.27. The second-order valence-corrected chi connectivity index (χ2v) is 12.1. The number of hydrogen-bond acceptors (Lipinski definition) is 6. The van der Waals surface area contributed by atoms with Crippen LogP contribution in [0.3, 0.4) is 0 Å². The van der Waals surface area contributed by atoms with E-state index >= 15 is 0 Å². The summed E-state index contributed by atoms with van der Waals surface area (Å²) in [5.74, 6) is -0.357. The number of benzene rings is 1. The van der Waals surface area contributed by atoms with Crippen LogP contribution in [-0.4, -0.2) is 36.2 Å². The Balaban J connectivity index is 1.59. The van der Waals surface area contributed by atoms with Crippen molar-refractivity contribution in [1.29, 1.82) is 0 Å². The van der Waals surface area contributed by atoms with Gasteiger partial charge in [0, 0.05) is 11.0 Å². The number of anilines is 1. The molecule has 1 N–H and O–H groups in total. The van der Waals surface area contributed by atoms with E-state index in [2.05, 4.69) is 26.2 Å². The van der Waals surface area contributed by atoms with Crippen LogP contribution in [0.2, 0.25) is 4.34 Å². The summed E-state index contributed by atoms with van der Waals surface area (Å²) in [5.41, 5.74) is 0.782. The van der Waals surface area contributed by atoms with Crippen molar-refractivity contribution in [3.05, 3.63) is 39.1 Å². The Morgan fingerprint density at radius 2 is 2.07 bits per heavy atom. The zero-order valence-corrected chi connectivity index (χ0v) is 19.2. The van der Waals surface area contributed by atoms with Gasteiger partial charge in [0.2, 0.25) is 5.91 Å². The van der Waals surface area contributed by atoms with Crippen LogP contribution in [0.1, 0.15) is 19.3 Å². The molecule has 0 bridgehead atoms. The topological polar surface area (TPSA) is 79.4 Å². The number of piperidine rings is 1. The largest absolute Gasteiger partial charge is 0.301 e. The summed E-state index contributed by atoms with van der Waals surface area (Å²) >= 11 is 11.7. The van der Waals surface area contributed by atoms with E-state index in [-0.39, 0.29) is 10.1 Å². The monoisotopic (exact) mass is 519 g/mol. The van der Waals surface area contributed by atoms with Crippen molar-refractivity contribution >= 4 is 81.5 Å². The number of nitrogens with one attached hydrogen (secondary N) is 1. The van der Waals surface area contributed by atoms with Crippen LogP contribution in [0.5, 0.6) is 0 Å². The van der Waals surface area contributed by atoms with E-state index in [9.17, 15) is 13.2 Å². The van der Waals surface area contributed by atoms with Gasteiger partial charge in [-0.15, -0.1) is 11.3 Å². The third-order valence-corrected chi connectivity index (χ3v) is 9.48. The van der Waals surface area contributed by atoms with Crippen molar-refractivity contribution in [2.45, 2.75) is 29.5 Å². The van der Waals surface area contributed by atoms with Gasteiger partial charge in [-0.2, -0.15) is 4.31 Å². The lowest BCUT2D eigenvalue weighted by molar-refractivity contribution is -0.120. The Bertz CT molecular complexity index is 1140. The van der Waals surface area contributed by atoms with Crippen LogP contribution in [0.15, 0.2) is 39.0 Å². The molecule has 1 saturated heterocycles. The predicted molar refractivity (Wildman–Crippen MR) is 117 cm³/mol. The van der Waals surface area contributed by atoms with Gasteiger partial charge in [0.15, 0.2) is 5.13 Å². The fraction of sp³-hybridized carbons (Fsp3) is 0.294. The zero-order valence-electron chi connectivity index (χ0n) is 14.4. The number of hydrogen-bond donors (Lipinski definition) is 1. The Morgan fingerprint density at radius 3 is 2.82 bits per heavy atom. The van der Waals surface area contributed by atoms with Gasteiger partial charge in [-0.1, -0.05) is 45.3 Å². The molecule has 2 aromatic heterocycles. The standard InChI is InChI=1S/C17H15BrClN3O3S3/c18-10-4-5-11-13(9-10)26-17(20-11)21-16(23)12-3-1-2-8-22(12)28(24,25)15-7-6-14(19)27-15/h4-7,9,12H,1-3,8H2,(H,20,21,23). The Kier molecular flexibility index (Phi) is 5.78. The molecular formula is C17H15BrClN3O3S3. The highest BCUT2D eigenvalue weighted by atomic mass is 79.9. The molecule has 1 amide bonds. The summed E-state index contributed by atoms with van der Waals surface area (Å²) in [6.07, 6.45) is 1.99. The third kappa shape index (κ3) is 3.99. The number of fused-ring (bicyclic) bond motifs is 1. The molecule has 1 unspecified atom stereocenters. The van der Waals surface area contributed by atoms with Gasteiger partial charge in [-0.05, 0) is 43.2 Å². The van der Waals surface area contributed by atoms with Crippen LogP contribution in [0, 0.1) is 0 Å². The van der Waals surface area contributed by atoms with E-state index in [1.807, 2.05) is 18.2 Å². The van der Waals surface area contributed by atoms with Crippen molar-refractivity contribution in [1.82, 2.24) is 9.29 Å². The SMILES string of the molecule is O=C(Nc1nc2ccc(Br)cc2s1)C1CCCCN1S(=O)(=O)c1ccc(Cl)s1. The predicted octanol–water partition coefficient (Wildman–Crippen LogP) is 4.96. The molecule has 1 fully saturated rings. The second kappa shape index (κ2) is 8.00. The molecule has 1 atom stereocenters. The summed E-state index contributed by atoms with van der Waals surface area (Å²) in [5, 5.41) is 3.26. The van der Waals surface area contributed by atoms with Crippen molar-refractivity contribution in [2.75, 3.05) is 11.9 Å². The first-order valence-corrected chi connectivity index (χ1v) is 12.7. The Morgan fingerprint density at radius 1 is 1.25 bits per heavy atom. The molecular weight excluding hydrogens is 506 g/mol. The zero-order chi connectivity index (χ0) is 19.9. The van der Waals surface area contributed by atoms with Gasteiger partial charge in [-0.25, -0.2) is 13.4 Å². The highest BCUT2D eigenvalue weighted by Crippen LogP contribution is 2.33. The minimum atomic E-state index is -3.77. The van der Waals surface area contributed by atoms with Crippen LogP contribution >= 0.6 is 50.2 Å². The van der Waals surface area contributed by atoms with Gasteiger partial charge in [-0.3, -0.25) is 4.79 Å². The van der Waals surface area contributed by atoms with E-state index in [0.29, 0.717) is 22.4 Å². The molecule has 148 valence electrons. The second-order valence-electron chi connectivity index (χ2n) is 6.31. The molecule has 3 aromatic rings. The maximum atomic E-state index is 13.0. The highest BCUT2D eigenvalue weighted by molar-refractivity contribution is 9.10. The van der Waals surface area contributed by atoms with Crippen molar-refractivity contribution in [3.8, 4) is 0 Å². The van der Waals surface area contributed by atoms with Crippen molar-refractivity contribution in [2.24, 2.45) is 0 Å². The van der Waals surface area contributed by atoms with Crippen LogP contribution in [-0.2, 0) is 14.8 Å². The number of halogens is 2. The smallest absolute Gasteiger partial charge is 0.253 e. The fourth-order valence-corrected chi connectivity index (χ4v) is 7.84. The summed E-state index contributed by atoms with van der Waals surface area (Å²) in [6.45, 7) is 0.308. The minimum absolute atomic E-state index is 0.155. The van der Waals surface area contributed by atoms with E-state index < -0.39 is 16.1 Å². The lowest BCUT2D eigenvalue weighted by Crippen LogP contribution is -2.49. The van der Waals surface area contributed by atoms with Crippen molar-refractivity contribution in [3.63, 3.8) is 0 Å². The number of sulfonamides is 1. The van der Waals surface area contributed by atoms with Gasteiger partial charge >= 0.3 is 0 Å². The summed E-state index contributed by atoms with van der Waals surface area (Å²) in [6, 6.07) is 7.95. The quantitative estimate of drug-likeness (QED) is 0.527. The van der Waals surface area contributed by atoms with Crippen LogP contribution < -0.4 is 5.32 Å². The molecule has 0 radical (unpaired) electrons. The molecule has 11 heteroatoms. The third-order valence-electron chi connectivity index (χ3n) is 4.45. The number of amides is 1. The van der Waals surface area contributed by atoms with Gasteiger partial charge in [0.05, 0.1) is 14.6 Å². The lowest BCUT2D eigenvalue weighted by Gasteiger charge is -2.32. The number of carbonyl (C=O) groups is 1. The normalized spacial score (nSPS) is 18.4. The van der Waals surface area contributed by atoms with E-state index in [1.165, 1.54) is 21.7 Å². The van der Waals surface area contributed by atoms with Crippen molar-refractivity contribution < 1.29 is 13.2 Å². The minimum Gasteiger partial charge on any atom is -0.301 e. The molecule has 1 aromatic carbocycles. The lowest BCUT2D eigenvalue weighted by atomic mass is 10.0. The Hall–Kier alpha value is -1.04. The van der Waals surface area contributed by atoms with E-state index in [4.69, 9.17) is 11.6 Å². The van der Waals surface area contributed by atoms with Gasteiger partial charge in [0.25, 0.3) is 10.0 Å². The maximum Gasteiger partial charge on any atom is 0.253 e. The molecule has 1 aliphatic rings. The van der Waals surface area contributed by atoms with E-state index in [1.54, 1.807) is 6.07 Å². The fourth-order valence-electron chi connectivity index (χ4n) is 3.15. The molecule has 6 nitrogen and oxygen atoms in total. The summed E-state index contributed by atoms with van der Waals surface area (Å²) in [4.78, 5) is 17.3. The average molecular weight is 521 g/mol. The highest BCUT2D eigenvalue weighted by Gasteiger charge is 2.38. The Labute approximate surface area is 183 Å².